The maximum absolute atomic E-state index is 10.9. The molecule has 3 nitrogen and oxygen atoms in total. The van der Waals surface area contributed by atoms with E-state index in [0.717, 1.165) is 23.1 Å². The standard InChI is InChI=1S/C10H14O3S/c1-4-9-6-10(14(11,12)13)5-7(2)8(9)3/h5-6H,4H2,1-3H3,(H,11,12,13). The summed E-state index contributed by atoms with van der Waals surface area (Å²) < 4.78 is 30.7. The minimum absolute atomic E-state index is 0.0162. The van der Waals surface area contributed by atoms with Crippen LogP contribution in [-0.4, -0.2) is 13.0 Å². The van der Waals surface area contributed by atoms with Crippen molar-refractivity contribution < 1.29 is 13.0 Å². The zero-order valence-electron chi connectivity index (χ0n) is 8.53. The number of aryl methyl sites for hydroxylation is 2. The lowest BCUT2D eigenvalue weighted by Gasteiger charge is -2.08. The van der Waals surface area contributed by atoms with Crippen molar-refractivity contribution in [2.75, 3.05) is 0 Å². The van der Waals surface area contributed by atoms with Gasteiger partial charge >= 0.3 is 0 Å². The third kappa shape index (κ3) is 2.13. The summed E-state index contributed by atoms with van der Waals surface area (Å²) in [6.45, 7) is 5.74. The lowest BCUT2D eigenvalue weighted by molar-refractivity contribution is 0.483. The van der Waals surface area contributed by atoms with Crippen LogP contribution >= 0.6 is 0 Å². The van der Waals surface area contributed by atoms with E-state index >= 15 is 0 Å². The number of hydrogen-bond donors (Lipinski definition) is 1. The molecule has 0 amide bonds. The summed E-state index contributed by atoms with van der Waals surface area (Å²) in [5.41, 5.74) is 2.93. The maximum Gasteiger partial charge on any atom is 0.294 e. The van der Waals surface area contributed by atoms with Gasteiger partial charge in [-0.15, -0.1) is 0 Å². The third-order valence-electron chi connectivity index (χ3n) is 2.43. The van der Waals surface area contributed by atoms with Gasteiger partial charge in [0.1, 0.15) is 0 Å². The van der Waals surface area contributed by atoms with Crippen molar-refractivity contribution in [3.8, 4) is 0 Å². The molecular weight excluding hydrogens is 200 g/mol. The minimum atomic E-state index is -4.07. The Bertz CT molecular complexity index is 447. The van der Waals surface area contributed by atoms with Crippen molar-refractivity contribution >= 4 is 10.1 Å². The summed E-state index contributed by atoms with van der Waals surface area (Å²) in [7, 11) is -4.07. The molecule has 1 N–H and O–H groups in total. The summed E-state index contributed by atoms with van der Waals surface area (Å²) in [5, 5.41) is 0. The molecule has 0 saturated carbocycles. The Morgan fingerprint density at radius 3 is 2.29 bits per heavy atom. The Labute approximate surface area is 84.5 Å². The average Bonchev–Trinajstić information content (AvgIpc) is 2.07. The Hall–Kier alpha value is -0.870. The van der Waals surface area contributed by atoms with E-state index in [-0.39, 0.29) is 4.90 Å². The maximum atomic E-state index is 10.9. The lowest BCUT2D eigenvalue weighted by Crippen LogP contribution is -2.01. The first-order valence-electron chi connectivity index (χ1n) is 4.44. The summed E-state index contributed by atoms with van der Waals surface area (Å²) in [4.78, 5) is -0.0162. The van der Waals surface area contributed by atoms with E-state index in [9.17, 15) is 8.42 Å². The van der Waals surface area contributed by atoms with Crippen molar-refractivity contribution in [2.45, 2.75) is 32.1 Å². The van der Waals surface area contributed by atoms with Gasteiger partial charge in [0.2, 0.25) is 0 Å². The van der Waals surface area contributed by atoms with Gasteiger partial charge in [-0.1, -0.05) is 6.92 Å². The second-order valence-corrected chi connectivity index (χ2v) is 4.77. The van der Waals surface area contributed by atoms with Gasteiger partial charge in [0.15, 0.2) is 0 Å². The van der Waals surface area contributed by atoms with Crippen LogP contribution in [0.4, 0.5) is 0 Å². The first-order chi connectivity index (χ1) is 6.36. The Kier molecular flexibility index (Phi) is 2.97. The Morgan fingerprint density at radius 1 is 1.29 bits per heavy atom. The van der Waals surface area contributed by atoms with E-state index in [1.165, 1.54) is 12.1 Å². The normalized spacial score (nSPS) is 11.7. The third-order valence-corrected chi connectivity index (χ3v) is 3.26. The van der Waals surface area contributed by atoms with E-state index in [4.69, 9.17) is 4.55 Å². The van der Waals surface area contributed by atoms with Crippen molar-refractivity contribution in [1.29, 1.82) is 0 Å². The fourth-order valence-electron chi connectivity index (χ4n) is 1.41. The molecule has 0 fully saturated rings. The van der Waals surface area contributed by atoms with E-state index < -0.39 is 10.1 Å². The molecule has 78 valence electrons. The van der Waals surface area contributed by atoms with Crippen LogP contribution in [0, 0.1) is 13.8 Å². The Balaban J connectivity index is 3.46. The highest BCUT2D eigenvalue weighted by atomic mass is 32.2. The molecule has 4 heteroatoms. The van der Waals surface area contributed by atoms with E-state index in [2.05, 4.69) is 0 Å². The van der Waals surface area contributed by atoms with Gasteiger partial charge in [-0.05, 0) is 49.1 Å². The fourth-order valence-corrected chi connectivity index (χ4v) is 2.03. The molecule has 14 heavy (non-hydrogen) atoms. The second-order valence-electron chi connectivity index (χ2n) is 3.35. The van der Waals surface area contributed by atoms with Crippen LogP contribution < -0.4 is 0 Å². The van der Waals surface area contributed by atoms with Crippen LogP contribution in [-0.2, 0) is 16.5 Å². The van der Waals surface area contributed by atoms with Crippen LogP contribution in [0.25, 0.3) is 0 Å². The second kappa shape index (κ2) is 3.71. The van der Waals surface area contributed by atoms with Crippen LogP contribution in [0.15, 0.2) is 17.0 Å². The quantitative estimate of drug-likeness (QED) is 0.767. The van der Waals surface area contributed by atoms with Gasteiger partial charge in [0.25, 0.3) is 10.1 Å². The number of rotatable bonds is 2. The fraction of sp³-hybridized carbons (Fsp3) is 0.400. The van der Waals surface area contributed by atoms with E-state index in [1.54, 1.807) is 0 Å². The first-order valence-corrected chi connectivity index (χ1v) is 5.88. The molecule has 1 aromatic rings. The molecule has 0 aliphatic carbocycles. The van der Waals surface area contributed by atoms with Crippen molar-refractivity contribution in [3.63, 3.8) is 0 Å². The number of hydrogen-bond acceptors (Lipinski definition) is 2. The summed E-state index contributed by atoms with van der Waals surface area (Å²) in [6.07, 6.45) is 0.760. The minimum Gasteiger partial charge on any atom is -0.282 e. The van der Waals surface area contributed by atoms with E-state index in [0.29, 0.717) is 0 Å². The SMILES string of the molecule is CCc1cc(S(=O)(=O)O)cc(C)c1C. The van der Waals surface area contributed by atoms with Gasteiger partial charge in [0.05, 0.1) is 4.90 Å². The first kappa shape index (κ1) is 11.2. The van der Waals surface area contributed by atoms with Crippen molar-refractivity contribution in [1.82, 2.24) is 0 Å². The van der Waals surface area contributed by atoms with Crippen molar-refractivity contribution in [2.24, 2.45) is 0 Å². The molecule has 0 bridgehead atoms. The lowest BCUT2D eigenvalue weighted by atomic mass is 10.0. The van der Waals surface area contributed by atoms with E-state index in [1.807, 2.05) is 20.8 Å². The van der Waals surface area contributed by atoms with Crippen molar-refractivity contribution in [3.05, 3.63) is 28.8 Å². The van der Waals surface area contributed by atoms with Crippen LogP contribution in [0.2, 0.25) is 0 Å². The summed E-state index contributed by atoms with van der Waals surface area (Å²) >= 11 is 0. The molecule has 0 unspecified atom stereocenters. The molecule has 0 aliphatic rings. The smallest absolute Gasteiger partial charge is 0.282 e. The number of benzene rings is 1. The molecule has 1 aromatic carbocycles. The van der Waals surface area contributed by atoms with Gasteiger partial charge in [-0.25, -0.2) is 0 Å². The predicted molar refractivity (Wildman–Crippen MR) is 55.1 cm³/mol. The van der Waals surface area contributed by atoms with Gasteiger partial charge < -0.3 is 0 Å². The molecule has 0 spiro atoms. The molecule has 0 atom stereocenters. The predicted octanol–water partition coefficient (Wildman–Crippen LogP) is 2.11. The molecule has 0 aliphatic heterocycles. The topological polar surface area (TPSA) is 54.4 Å². The van der Waals surface area contributed by atoms with Crippen LogP contribution in [0.3, 0.4) is 0 Å². The summed E-state index contributed by atoms with van der Waals surface area (Å²) in [5.74, 6) is 0. The molecule has 0 heterocycles. The average molecular weight is 214 g/mol. The highest BCUT2D eigenvalue weighted by Crippen LogP contribution is 2.19. The molecule has 0 radical (unpaired) electrons. The van der Waals surface area contributed by atoms with Gasteiger partial charge in [-0.2, -0.15) is 8.42 Å². The monoisotopic (exact) mass is 214 g/mol. The molecular formula is C10H14O3S. The zero-order chi connectivity index (χ0) is 10.9. The molecule has 1 rings (SSSR count). The zero-order valence-corrected chi connectivity index (χ0v) is 9.35. The molecule has 0 aromatic heterocycles. The highest BCUT2D eigenvalue weighted by molar-refractivity contribution is 7.85. The van der Waals surface area contributed by atoms with Crippen LogP contribution in [0.5, 0.6) is 0 Å². The van der Waals surface area contributed by atoms with Gasteiger partial charge in [0, 0.05) is 0 Å². The van der Waals surface area contributed by atoms with Crippen LogP contribution in [0.1, 0.15) is 23.6 Å². The largest absolute Gasteiger partial charge is 0.294 e. The summed E-state index contributed by atoms with van der Waals surface area (Å²) in [6, 6.07) is 3.02. The Morgan fingerprint density at radius 2 is 1.86 bits per heavy atom. The van der Waals surface area contributed by atoms with Gasteiger partial charge in [-0.3, -0.25) is 4.55 Å². The highest BCUT2D eigenvalue weighted by Gasteiger charge is 2.12. The molecule has 0 saturated heterocycles.